The number of aliphatic hydroxyl groups excluding tert-OH is 1. The van der Waals surface area contributed by atoms with Gasteiger partial charge in [-0.05, 0) is 42.6 Å². The molecule has 24 heavy (non-hydrogen) atoms. The van der Waals surface area contributed by atoms with Crippen LogP contribution in [0.25, 0.3) is 0 Å². The monoisotopic (exact) mass is 335 g/mol. The average molecular weight is 335 g/mol. The summed E-state index contributed by atoms with van der Waals surface area (Å²) in [6, 6.07) is 0. The summed E-state index contributed by atoms with van der Waals surface area (Å²) in [6.07, 6.45) is 6.01. The Morgan fingerprint density at radius 3 is 2.67 bits per heavy atom. The van der Waals surface area contributed by atoms with Crippen LogP contribution in [0.4, 0.5) is 0 Å². The molecule has 0 aromatic carbocycles. The van der Waals surface area contributed by atoms with Crippen molar-refractivity contribution in [1.29, 1.82) is 0 Å². The van der Waals surface area contributed by atoms with Crippen molar-refractivity contribution in [3.8, 4) is 0 Å². The lowest BCUT2D eigenvalue weighted by molar-refractivity contribution is -0.260. The first-order chi connectivity index (χ1) is 11.4. The number of fused-ring (bicyclic) bond motifs is 3. The second-order valence-electron chi connectivity index (χ2n) is 8.60. The van der Waals surface area contributed by atoms with Gasteiger partial charge in [0, 0.05) is 30.7 Å². The van der Waals surface area contributed by atoms with Crippen molar-refractivity contribution < 1.29 is 19.4 Å². The molecular weight excluding hydrogens is 306 g/mol. The van der Waals surface area contributed by atoms with Gasteiger partial charge in [0.2, 0.25) is 0 Å². The third-order valence-electron chi connectivity index (χ3n) is 7.82. The third kappa shape index (κ3) is 2.01. The van der Waals surface area contributed by atoms with Gasteiger partial charge < -0.3 is 20.3 Å². The Morgan fingerprint density at radius 2 is 2.00 bits per heavy atom. The number of rotatable bonds is 1. The summed E-state index contributed by atoms with van der Waals surface area (Å²) >= 11 is 0. The smallest absolute Gasteiger partial charge is 0.197 e. The van der Waals surface area contributed by atoms with E-state index in [1.165, 1.54) is 0 Å². The number of hydrogen-bond acceptors (Lipinski definition) is 5. The van der Waals surface area contributed by atoms with Gasteiger partial charge in [-0.1, -0.05) is 13.8 Å². The minimum Gasteiger partial charge on any atom is -0.505 e. The third-order valence-corrected chi connectivity index (χ3v) is 7.82. The fourth-order valence-electron chi connectivity index (χ4n) is 6.43. The largest absolute Gasteiger partial charge is 0.505 e. The zero-order chi connectivity index (χ0) is 17.2. The van der Waals surface area contributed by atoms with Crippen molar-refractivity contribution in [3.63, 3.8) is 0 Å². The quantitative estimate of drug-likeness (QED) is 0.769. The molecule has 0 amide bonds. The van der Waals surface area contributed by atoms with Crippen molar-refractivity contribution in [3.05, 3.63) is 11.8 Å². The highest BCUT2D eigenvalue weighted by Crippen LogP contribution is 2.65. The maximum atomic E-state index is 12.2. The van der Waals surface area contributed by atoms with Gasteiger partial charge in [0.05, 0.1) is 13.2 Å². The minimum absolute atomic E-state index is 0.0322. The van der Waals surface area contributed by atoms with Gasteiger partial charge in [0.1, 0.15) is 0 Å². The topological polar surface area (TPSA) is 81.8 Å². The summed E-state index contributed by atoms with van der Waals surface area (Å²) < 4.78 is 12.1. The van der Waals surface area contributed by atoms with Gasteiger partial charge in [-0.15, -0.1) is 0 Å². The van der Waals surface area contributed by atoms with E-state index in [0.29, 0.717) is 38.0 Å². The number of Topliss-reactive ketones (excluding diaryl/α,β-unsaturated/α-hetero) is 1. The van der Waals surface area contributed by atoms with Crippen LogP contribution >= 0.6 is 0 Å². The standard InChI is InChI=1S/C19H29NO4/c1-12-13-3-4-18(11-20)10-15(22)14(21)9-16(18)17(13,2)5-6-19(12)23-7-8-24-19/h10,12-13,16,22H,3-9,11,20H2,1-2H3/t12-,13?,16?,17-,18-/m0/s1. The van der Waals surface area contributed by atoms with E-state index < -0.39 is 5.79 Å². The number of hydrogen-bond donors (Lipinski definition) is 2. The first-order valence-electron chi connectivity index (χ1n) is 9.30. The summed E-state index contributed by atoms with van der Waals surface area (Å²) in [7, 11) is 0. The average Bonchev–Trinajstić information content (AvgIpc) is 3.04. The normalized spacial score (nSPS) is 47.2. The Balaban J connectivity index is 1.72. The van der Waals surface area contributed by atoms with E-state index in [-0.39, 0.29) is 28.3 Å². The molecule has 2 saturated carbocycles. The Bertz CT molecular complexity index is 582. The van der Waals surface area contributed by atoms with Crippen molar-refractivity contribution in [2.24, 2.45) is 34.3 Å². The molecule has 3 aliphatic carbocycles. The molecule has 5 nitrogen and oxygen atoms in total. The van der Waals surface area contributed by atoms with E-state index in [2.05, 4.69) is 13.8 Å². The van der Waals surface area contributed by atoms with Crippen LogP contribution in [0.15, 0.2) is 11.8 Å². The second-order valence-corrected chi connectivity index (χ2v) is 8.60. The van der Waals surface area contributed by atoms with Crippen molar-refractivity contribution in [2.75, 3.05) is 19.8 Å². The van der Waals surface area contributed by atoms with Gasteiger partial charge in [0.25, 0.3) is 0 Å². The summed E-state index contributed by atoms with van der Waals surface area (Å²) in [5.74, 6) is 0.315. The number of carbonyl (C=O) groups excluding carboxylic acids is 1. The molecule has 0 aromatic heterocycles. The van der Waals surface area contributed by atoms with Crippen molar-refractivity contribution in [2.45, 2.75) is 51.7 Å². The van der Waals surface area contributed by atoms with E-state index in [1.807, 2.05) is 0 Å². The van der Waals surface area contributed by atoms with E-state index in [9.17, 15) is 9.90 Å². The Morgan fingerprint density at radius 1 is 1.29 bits per heavy atom. The number of allylic oxidation sites excluding steroid dienone is 1. The maximum Gasteiger partial charge on any atom is 0.197 e. The van der Waals surface area contributed by atoms with Gasteiger partial charge in [-0.25, -0.2) is 0 Å². The Labute approximate surface area is 143 Å². The van der Waals surface area contributed by atoms with Crippen LogP contribution in [0.3, 0.4) is 0 Å². The number of aliphatic hydroxyl groups is 1. The lowest BCUT2D eigenvalue weighted by atomic mass is 9.43. The zero-order valence-corrected chi connectivity index (χ0v) is 14.7. The molecule has 5 heteroatoms. The van der Waals surface area contributed by atoms with Gasteiger partial charge >= 0.3 is 0 Å². The molecule has 4 rings (SSSR count). The summed E-state index contributed by atoms with van der Waals surface area (Å²) in [4.78, 5) is 12.2. The van der Waals surface area contributed by atoms with Gasteiger partial charge in [0.15, 0.2) is 17.3 Å². The number of ketones is 1. The van der Waals surface area contributed by atoms with Crippen LogP contribution < -0.4 is 5.73 Å². The number of nitrogens with two attached hydrogens (primary N) is 1. The highest BCUT2D eigenvalue weighted by Gasteiger charge is 2.63. The van der Waals surface area contributed by atoms with Crippen molar-refractivity contribution >= 4 is 5.78 Å². The summed E-state index contributed by atoms with van der Waals surface area (Å²) in [6.45, 7) is 6.43. The van der Waals surface area contributed by atoms with Crippen LogP contribution in [0.5, 0.6) is 0 Å². The molecule has 1 heterocycles. The van der Waals surface area contributed by atoms with Crippen LogP contribution in [-0.2, 0) is 14.3 Å². The molecule has 1 spiro atoms. The molecule has 134 valence electrons. The fraction of sp³-hybridized carbons (Fsp3) is 0.842. The molecule has 1 saturated heterocycles. The first-order valence-corrected chi connectivity index (χ1v) is 9.30. The van der Waals surface area contributed by atoms with E-state index in [1.54, 1.807) is 6.08 Å². The predicted molar refractivity (Wildman–Crippen MR) is 89.2 cm³/mol. The maximum absolute atomic E-state index is 12.2. The molecule has 3 N–H and O–H groups in total. The summed E-state index contributed by atoms with van der Waals surface area (Å²) in [5.41, 5.74) is 5.96. The van der Waals surface area contributed by atoms with Crippen LogP contribution in [0.1, 0.15) is 46.0 Å². The Hall–Kier alpha value is -0.910. The van der Waals surface area contributed by atoms with Crippen LogP contribution in [-0.4, -0.2) is 36.4 Å². The number of carbonyl (C=O) groups is 1. The van der Waals surface area contributed by atoms with Crippen LogP contribution in [0.2, 0.25) is 0 Å². The molecule has 0 aromatic rings. The molecule has 0 bridgehead atoms. The Kier molecular flexibility index (Phi) is 3.65. The fourth-order valence-corrected chi connectivity index (χ4v) is 6.43. The van der Waals surface area contributed by atoms with Gasteiger partial charge in [-0.3, -0.25) is 4.79 Å². The molecule has 4 aliphatic rings. The van der Waals surface area contributed by atoms with Crippen molar-refractivity contribution in [1.82, 2.24) is 0 Å². The second kappa shape index (κ2) is 5.29. The lowest BCUT2D eigenvalue weighted by Gasteiger charge is -2.63. The highest BCUT2D eigenvalue weighted by atomic mass is 16.7. The van der Waals surface area contributed by atoms with Gasteiger partial charge in [-0.2, -0.15) is 0 Å². The molecule has 5 atom stereocenters. The molecular formula is C19H29NO4. The van der Waals surface area contributed by atoms with E-state index in [4.69, 9.17) is 15.2 Å². The summed E-state index contributed by atoms with van der Waals surface area (Å²) in [5, 5.41) is 10.0. The highest BCUT2D eigenvalue weighted by molar-refractivity contribution is 5.94. The molecule has 3 fully saturated rings. The van der Waals surface area contributed by atoms with Crippen LogP contribution in [0, 0.1) is 28.6 Å². The predicted octanol–water partition coefficient (Wildman–Crippen LogP) is 2.55. The first kappa shape index (κ1) is 16.6. The minimum atomic E-state index is -0.427. The molecule has 2 unspecified atom stereocenters. The zero-order valence-electron chi connectivity index (χ0n) is 14.7. The number of ether oxygens (including phenoxy) is 2. The SMILES string of the molecule is C[C@H]1C2CC[C@@]3(CN)C=C(O)C(=O)CC3[C@@]2(C)CCC12OCCO2. The lowest BCUT2D eigenvalue weighted by Crippen LogP contribution is -2.61. The van der Waals surface area contributed by atoms with E-state index >= 15 is 0 Å². The molecule has 0 radical (unpaired) electrons. The molecule has 1 aliphatic heterocycles. The van der Waals surface area contributed by atoms with E-state index in [0.717, 1.165) is 25.7 Å².